The summed E-state index contributed by atoms with van der Waals surface area (Å²) in [4.78, 5) is 17.0. The lowest BCUT2D eigenvalue weighted by Crippen LogP contribution is -1.99. The zero-order chi connectivity index (χ0) is 15.1. The van der Waals surface area contributed by atoms with E-state index in [0.29, 0.717) is 0 Å². The monoisotopic (exact) mass is 472 g/mol. The van der Waals surface area contributed by atoms with E-state index in [1.54, 1.807) is 0 Å². The van der Waals surface area contributed by atoms with E-state index < -0.39 is 0 Å². The van der Waals surface area contributed by atoms with Crippen molar-refractivity contribution in [1.82, 2.24) is 9.97 Å². The fourth-order valence-electron chi connectivity index (χ4n) is 2.36. The number of aromatic nitrogens is 2. The van der Waals surface area contributed by atoms with Crippen molar-refractivity contribution in [2.24, 2.45) is 0 Å². The van der Waals surface area contributed by atoms with E-state index in [2.05, 4.69) is 82.9 Å². The third kappa shape index (κ3) is 3.03. The highest BCUT2D eigenvalue weighted by molar-refractivity contribution is 9.11. The summed E-state index contributed by atoms with van der Waals surface area (Å²) in [6, 6.07) is 10.2. The Labute approximate surface area is 146 Å². The fraction of sp³-hybridized carbons (Fsp3) is 0.133. The number of H-pyrrole nitrogens is 2. The molecule has 1 heterocycles. The molecular weight excluding hydrogens is 464 g/mol. The highest BCUT2D eigenvalue weighted by Gasteiger charge is 2.16. The van der Waals surface area contributed by atoms with Crippen LogP contribution in [0.3, 0.4) is 0 Å². The fourth-order valence-corrected chi connectivity index (χ4v) is 4.51. The maximum atomic E-state index is 11.4. The zero-order valence-electron chi connectivity index (χ0n) is 11.0. The summed E-state index contributed by atoms with van der Waals surface area (Å²) in [6.45, 7) is 2.07. The number of benzene rings is 2. The summed E-state index contributed by atoms with van der Waals surface area (Å²) < 4.78 is 2.00. The Balaban J connectivity index is 2.13. The number of imidazole rings is 1. The van der Waals surface area contributed by atoms with E-state index in [9.17, 15) is 4.79 Å². The molecule has 3 aromatic rings. The number of alkyl halides is 1. The van der Waals surface area contributed by atoms with Gasteiger partial charge < -0.3 is 9.97 Å². The van der Waals surface area contributed by atoms with E-state index in [0.717, 1.165) is 31.1 Å². The van der Waals surface area contributed by atoms with Gasteiger partial charge in [-0.15, -0.1) is 0 Å². The third-order valence-corrected chi connectivity index (χ3v) is 5.43. The van der Waals surface area contributed by atoms with E-state index in [1.807, 2.05) is 12.1 Å². The Morgan fingerprint density at radius 1 is 1.00 bits per heavy atom. The molecule has 108 valence electrons. The first-order chi connectivity index (χ1) is 9.94. The van der Waals surface area contributed by atoms with Crippen LogP contribution in [0, 0.1) is 6.92 Å². The summed E-state index contributed by atoms with van der Waals surface area (Å²) >= 11 is 10.9. The molecule has 0 aliphatic heterocycles. The molecule has 0 saturated carbocycles. The minimum atomic E-state index is -0.196. The molecular formula is C15H11Br3N2O. The van der Waals surface area contributed by atoms with Crippen molar-refractivity contribution in [3.63, 3.8) is 0 Å². The van der Waals surface area contributed by atoms with Gasteiger partial charge in [0.25, 0.3) is 0 Å². The van der Waals surface area contributed by atoms with Crippen LogP contribution < -0.4 is 5.69 Å². The minimum absolute atomic E-state index is 0.0332. The van der Waals surface area contributed by atoms with Gasteiger partial charge >= 0.3 is 5.69 Å². The van der Waals surface area contributed by atoms with Gasteiger partial charge in [-0.2, -0.15) is 0 Å². The number of halogens is 3. The number of hydrogen-bond donors (Lipinski definition) is 2. The second-order valence-corrected chi connectivity index (χ2v) is 7.61. The molecule has 1 atom stereocenters. The Morgan fingerprint density at radius 3 is 2.33 bits per heavy atom. The first-order valence-electron chi connectivity index (χ1n) is 6.26. The average molecular weight is 475 g/mol. The van der Waals surface area contributed by atoms with Crippen molar-refractivity contribution >= 4 is 58.8 Å². The molecule has 0 saturated heterocycles. The van der Waals surface area contributed by atoms with Gasteiger partial charge in [0.2, 0.25) is 0 Å². The Hall–Kier alpha value is -0.850. The van der Waals surface area contributed by atoms with Crippen molar-refractivity contribution in [2.75, 3.05) is 0 Å². The Kier molecular flexibility index (Phi) is 4.12. The SMILES string of the molecule is Cc1cc(Br)cc(C(Br)c2cc3[nH]c(=O)[nH]c3cc2Br)c1. The molecule has 0 amide bonds. The van der Waals surface area contributed by atoms with Gasteiger partial charge in [-0.1, -0.05) is 53.9 Å². The van der Waals surface area contributed by atoms with Crippen LogP contribution in [0.5, 0.6) is 0 Å². The summed E-state index contributed by atoms with van der Waals surface area (Å²) in [7, 11) is 0. The van der Waals surface area contributed by atoms with Crippen LogP contribution in [0.25, 0.3) is 11.0 Å². The molecule has 21 heavy (non-hydrogen) atoms. The predicted molar refractivity (Wildman–Crippen MR) is 96.3 cm³/mol. The largest absolute Gasteiger partial charge is 0.323 e. The number of aromatic amines is 2. The molecule has 0 aliphatic carbocycles. The summed E-state index contributed by atoms with van der Waals surface area (Å²) in [5.41, 5.74) is 4.81. The summed E-state index contributed by atoms with van der Waals surface area (Å²) in [6.07, 6.45) is 0. The first kappa shape index (κ1) is 15.1. The number of hydrogen-bond acceptors (Lipinski definition) is 1. The van der Waals surface area contributed by atoms with Crippen molar-refractivity contribution in [3.8, 4) is 0 Å². The minimum Gasteiger partial charge on any atom is -0.306 e. The predicted octanol–water partition coefficient (Wildman–Crippen LogP) is 5.17. The molecule has 6 heteroatoms. The molecule has 0 bridgehead atoms. The van der Waals surface area contributed by atoms with Gasteiger partial charge in [-0.25, -0.2) is 4.79 Å². The first-order valence-corrected chi connectivity index (χ1v) is 8.77. The van der Waals surface area contributed by atoms with Crippen molar-refractivity contribution in [3.05, 3.63) is 66.5 Å². The molecule has 0 aliphatic rings. The second kappa shape index (κ2) is 5.74. The van der Waals surface area contributed by atoms with E-state index in [4.69, 9.17) is 0 Å². The van der Waals surface area contributed by atoms with Gasteiger partial charge in [0.15, 0.2) is 0 Å². The van der Waals surface area contributed by atoms with Crippen LogP contribution in [0.4, 0.5) is 0 Å². The van der Waals surface area contributed by atoms with Crippen molar-refractivity contribution < 1.29 is 0 Å². The lowest BCUT2D eigenvalue weighted by molar-refractivity contribution is 1.15. The van der Waals surface area contributed by atoms with Crippen LogP contribution in [0.2, 0.25) is 0 Å². The van der Waals surface area contributed by atoms with Crippen LogP contribution >= 0.6 is 47.8 Å². The molecule has 2 N–H and O–H groups in total. The van der Waals surface area contributed by atoms with Gasteiger partial charge in [0.05, 0.1) is 15.9 Å². The topological polar surface area (TPSA) is 48.6 Å². The normalized spacial score (nSPS) is 12.8. The van der Waals surface area contributed by atoms with Crippen LogP contribution in [0.15, 0.2) is 44.1 Å². The lowest BCUT2D eigenvalue weighted by atomic mass is 10.0. The quantitative estimate of drug-likeness (QED) is 0.494. The van der Waals surface area contributed by atoms with Gasteiger partial charge in [0, 0.05) is 8.95 Å². The molecule has 1 unspecified atom stereocenters. The number of aryl methyl sites for hydroxylation is 1. The van der Waals surface area contributed by atoms with Crippen LogP contribution in [-0.2, 0) is 0 Å². The van der Waals surface area contributed by atoms with Crippen molar-refractivity contribution in [1.29, 1.82) is 0 Å². The lowest BCUT2D eigenvalue weighted by Gasteiger charge is -2.14. The molecule has 2 aromatic carbocycles. The molecule has 3 nitrogen and oxygen atoms in total. The maximum Gasteiger partial charge on any atom is 0.323 e. The molecule has 0 spiro atoms. The number of fused-ring (bicyclic) bond motifs is 1. The second-order valence-electron chi connectivity index (χ2n) is 4.92. The molecule has 0 radical (unpaired) electrons. The van der Waals surface area contributed by atoms with Gasteiger partial charge in [0.1, 0.15) is 0 Å². The third-order valence-electron chi connectivity index (χ3n) is 3.26. The Morgan fingerprint density at radius 2 is 1.67 bits per heavy atom. The molecule has 0 fully saturated rings. The van der Waals surface area contributed by atoms with Crippen molar-refractivity contribution in [2.45, 2.75) is 11.8 Å². The van der Waals surface area contributed by atoms with E-state index >= 15 is 0 Å². The number of nitrogens with one attached hydrogen (secondary N) is 2. The maximum absolute atomic E-state index is 11.4. The molecule has 3 rings (SSSR count). The number of rotatable bonds is 2. The van der Waals surface area contributed by atoms with E-state index in [1.165, 1.54) is 5.56 Å². The molecule has 1 aromatic heterocycles. The van der Waals surface area contributed by atoms with Gasteiger partial charge in [-0.3, -0.25) is 0 Å². The summed E-state index contributed by atoms with van der Waals surface area (Å²) in [5, 5.41) is 0. The smallest absolute Gasteiger partial charge is 0.306 e. The highest BCUT2D eigenvalue weighted by atomic mass is 79.9. The van der Waals surface area contributed by atoms with Crippen LogP contribution in [0.1, 0.15) is 21.5 Å². The summed E-state index contributed by atoms with van der Waals surface area (Å²) in [5.74, 6) is 0. The average Bonchev–Trinajstić information content (AvgIpc) is 2.75. The standard InChI is InChI=1S/C15H11Br3N2O/c1-7-2-8(4-9(16)3-7)14(18)10-5-12-13(6-11(10)17)20-15(21)19-12/h2-6,14H,1H3,(H2,19,20,21). The van der Waals surface area contributed by atoms with E-state index in [-0.39, 0.29) is 10.5 Å². The Bertz CT molecular complexity index is 862. The zero-order valence-corrected chi connectivity index (χ0v) is 15.8. The highest BCUT2D eigenvalue weighted by Crippen LogP contribution is 2.38. The van der Waals surface area contributed by atoms with Crippen LogP contribution in [-0.4, -0.2) is 9.97 Å². The van der Waals surface area contributed by atoms with Gasteiger partial charge in [-0.05, 0) is 47.9 Å².